The first-order valence-corrected chi connectivity index (χ1v) is 14.2. The van der Waals surface area contributed by atoms with Gasteiger partial charge in [-0.3, -0.25) is 14.5 Å². The second-order valence-corrected chi connectivity index (χ2v) is 10.2. The van der Waals surface area contributed by atoms with E-state index in [0.717, 1.165) is 27.1 Å². The second-order valence-electron chi connectivity index (χ2n) is 10.2. The number of nitrogens with zero attached hydrogens (tertiary/aromatic N) is 3. The van der Waals surface area contributed by atoms with Crippen LogP contribution in [-0.2, 0) is 35.1 Å². The molecule has 2 bridgehead atoms. The lowest BCUT2D eigenvalue weighted by Crippen LogP contribution is -2.47. The Hall–Kier alpha value is -3.08. The summed E-state index contributed by atoms with van der Waals surface area (Å²) in [6.45, 7) is 5.90. The summed E-state index contributed by atoms with van der Waals surface area (Å²) in [4.78, 5) is 32.9. The van der Waals surface area contributed by atoms with Crippen LogP contribution in [0.15, 0.2) is 54.6 Å². The average molecular weight is 550 g/mol. The normalized spacial score (nSPS) is 20.2. The number of fused-ring (bicyclic) bond motifs is 8. The Morgan fingerprint density at radius 1 is 0.550 bits per heavy atom. The van der Waals surface area contributed by atoms with Crippen LogP contribution in [0.3, 0.4) is 0 Å². The second kappa shape index (κ2) is 14.5. The van der Waals surface area contributed by atoms with Gasteiger partial charge in [0.25, 0.3) is 0 Å². The molecule has 0 unspecified atom stereocenters. The maximum absolute atomic E-state index is 13.7. The molecule has 0 N–H and O–H groups in total. The topological polar surface area (TPSA) is 80.8 Å². The molecule has 2 fully saturated rings. The van der Waals surface area contributed by atoms with Crippen molar-refractivity contribution in [3.63, 3.8) is 0 Å². The number of hydrogen-bond donors (Lipinski definition) is 0. The van der Waals surface area contributed by atoms with Crippen molar-refractivity contribution in [1.29, 1.82) is 0 Å². The summed E-state index contributed by atoms with van der Waals surface area (Å²) >= 11 is 0. The molecule has 0 spiro atoms. The van der Waals surface area contributed by atoms with Gasteiger partial charge < -0.3 is 28.7 Å². The van der Waals surface area contributed by atoms with E-state index < -0.39 is 0 Å². The van der Waals surface area contributed by atoms with Crippen LogP contribution in [0.1, 0.15) is 5.56 Å². The van der Waals surface area contributed by atoms with E-state index in [2.05, 4.69) is 30.3 Å². The largest absolute Gasteiger partial charge is 0.377 e. The minimum atomic E-state index is -0.0478. The van der Waals surface area contributed by atoms with Gasteiger partial charge in [-0.25, -0.2) is 0 Å². The highest BCUT2D eigenvalue weighted by atomic mass is 16.5. The predicted molar refractivity (Wildman–Crippen MR) is 153 cm³/mol. The van der Waals surface area contributed by atoms with Crippen LogP contribution in [0, 0.1) is 0 Å². The number of carbonyl (C=O) groups excluding carboxylic acids is 2. The lowest BCUT2D eigenvalue weighted by molar-refractivity contribution is -0.137. The Bertz CT molecular complexity index is 1170. The highest BCUT2D eigenvalue weighted by Crippen LogP contribution is 2.29. The highest BCUT2D eigenvalue weighted by Gasteiger charge is 2.24. The molecule has 2 saturated heterocycles. The SMILES string of the molecule is O=C1CN(Cc2c3ccccc3cc3ccccc23)CC(=O)N2CCOCCOCCN1CCOCCOCC2. The van der Waals surface area contributed by atoms with Crippen LogP contribution >= 0.6 is 0 Å². The Labute approximate surface area is 235 Å². The number of ether oxygens (including phenoxy) is 4. The molecule has 5 rings (SSSR count). The van der Waals surface area contributed by atoms with Gasteiger partial charge in [-0.1, -0.05) is 48.5 Å². The van der Waals surface area contributed by atoms with Gasteiger partial charge in [0.2, 0.25) is 11.8 Å². The molecule has 2 amide bonds. The van der Waals surface area contributed by atoms with E-state index in [1.807, 2.05) is 29.2 Å². The third kappa shape index (κ3) is 7.56. The third-order valence-corrected chi connectivity index (χ3v) is 7.45. The fourth-order valence-corrected chi connectivity index (χ4v) is 5.32. The summed E-state index contributed by atoms with van der Waals surface area (Å²) < 4.78 is 23.0. The smallest absolute Gasteiger partial charge is 0.236 e. The van der Waals surface area contributed by atoms with Crippen molar-refractivity contribution in [2.45, 2.75) is 6.54 Å². The number of benzene rings is 3. The summed E-state index contributed by atoms with van der Waals surface area (Å²) in [6.07, 6.45) is 0. The van der Waals surface area contributed by atoms with Crippen molar-refractivity contribution in [1.82, 2.24) is 14.7 Å². The maximum atomic E-state index is 13.7. The van der Waals surface area contributed by atoms with E-state index in [9.17, 15) is 9.59 Å². The molecule has 0 saturated carbocycles. The van der Waals surface area contributed by atoms with Crippen molar-refractivity contribution in [3.8, 4) is 0 Å². The Kier molecular flexibility index (Phi) is 10.3. The zero-order valence-electron chi connectivity index (χ0n) is 23.1. The fraction of sp³-hybridized carbons (Fsp3) is 0.484. The van der Waals surface area contributed by atoms with Crippen LogP contribution in [0.4, 0.5) is 0 Å². The minimum Gasteiger partial charge on any atom is -0.377 e. The minimum absolute atomic E-state index is 0.0478. The highest BCUT2D eigenvalue weighted by molar-refractivity contribution is 6.02. The van der Waals surface area contributed by atoms with Gasteiger partial charge in [-0.15, -0.1) is 0 Å². The molecule has 3 aromatic rings. The molecule has 0 aliphatic carbocycles. The Balaban J connectivity index is 1.50. The molecule has 2 aliphatic heterocycles. The zero-order chi connectivity index (χ0) is 27.6. The first kappa shape index (κ1) is 28.4. The van der Waals surface area contributed by atoms with E-state index in [1.165, 1.54) is 0 Å². The van der Waals surface area contributed by atoms with Gasteiger partial charge in [0.05, 0.1) is 65.9 Å². The fourth-order valence-electron chi connectivity index (χ4n) is 5.32. The third-order valence-electron chi connectivity index (χ3n) is 7.45. The Morgan fingerprint density at radius 3 is 1.38 bits per heavy atom. The first-order chi connectivity index (χ1) is 19.7. The molecular weight excluding hydrogens is 510 g/mol. The van der Waals surface area contributed by atoms with Gasteiger partial charge in [-0.2, -0.15) is 0 Å². The lowest BCUT2D eigenvalue weighted by Gasteiger charge is -2.30. The molecule has 9 nitrogen and oxygen atoms in total. The van der Waals surface area contributed by atoms with Gasteiger partial charge >= 0.3 is 0 Å². The molecule has 2 heterocycles. The van der Waals surface area contributed by atoms with Crippen LogP contribution in [0.25, 0.3) is 21.5 Å². The number of rotatable bonds is 2. The number of amides is 2. The van der Waals surface area contributed by atoms with E-state index in [4.69, 9.17) is 18.9 Å². The first-order valence-electron chi connectivity index (χ1n) is 14.2. The van der Waals surface area contributed by atoms with Crippen molar-refractivity contribution >= 4 is 33.4 Å². The molecule has 40 heavy (non-hydrogen) atoms. The average Bonchev–Trinajstić information content (AvgIpc) is 2.97. The van der Waals surface area contributed by atoms with Crippen molar-refractivity contribution < 1.29 is 28.5 Å². The summed E-state index contributed by atoms with van der Waals surface area (Å²) in [5.41, 5.74) is 1.11. The van der Waals surface area contributed by atoms with Crippen LogP contribution in [0.5, 0.6) is 0 Å². The van der Waals surface area contributed by atoms with Gasteiger partial charge in [0.15, 0.2) is 0 Å². The van der Waals surface area contributed by atoms with E-state index >= 15 is 0 Å². The monoisotopic (exact) mass is 549 g/mol. The van der Waals surface area contributed by atoms with Crippen LogP contribution in [0.2, 0.25) is 0 Å². The predicted octanol–water partition coefficient (Wildman–Crippen LogP) is 2.55. The van der Waals surface area contributed by atoms with Crippen molar-refractivity contribution in [2.24, 2.45) is 0 Å². The number of hydrogen-bond acceptors (Lipinski definition) is 7. The van der Waals surface area contributed by atoms with Crippen molar-refractivity contribution in [2.75, 3.05) is 92.1 Å². The summed E-state index contributed by atoms with van der Waals surface area (Å²) in [5, 5.41) is 4.52. The lowest BCUT2D eigenvalue weighted by atomic mass is 9.96. The molecule has 214 valence electrons. The molecule has 0 atom stereocenters. The zero-order valence-corrected chi connectivity index (χ0v) is 23.1. The van der Waals surface area contributed by atoms with Crippen LogP contribution in [-0.4, -0.2) is 119 Å². The maximum Gasteiger partial charge on any atom is 0.236 e. The molecule has 0 aromatic heterocycles. The van der Waals surface area contributed by atoms with Gasteiger partial charge in [-0.05, 0) is 33.2 Å². The summed E-state index contributed by atoms with van der Waals surface area (Å²) in [6, 6.07) is 18.8. The Morgan fingerprint density at radius 2 is 0.950 bits per heavy atom. The van der Waals surface area contributed by atoms with E-state index in [1.54, 1.807) is 9.80 Å². The standard InChI is InChI=1S/C31H39N3O6/c35-30-23-32(22-29-27-7-3-1-5-25(27)21-26-6-2-4-8-28(26)29)24-31(36)34-11-15-39-18-17-37-13-9-33(30)10-14-38-19-20-40-16-12-34/h1-8,21H,9-20,22-24H2. The molecule has 0 radical (unpaired) electrons. The van der Waals surface area contributed by atoms with E-state index in [-0.39, 0.29) is 24.9 Å². The summed E-state index contributed by atoms with van der Waals surface area (Å²) in [5.74, 6) is -0.0957. The van der Waals surface area contributed by atoms with E-state index in [0.29, 0.717) is 85.6 Å². The van der Waals surface area contributed by atoms with Crippen LogP contribution < -0.4 is 0 Å². The molecular formula is C31H39N3O6. The van der Waals surface area contributed by atoms with Crippen molar-refractivity contribution in [3.05, 3.63) is 60.2 Å². The summed E-state index contributed by atoms with van der Waals surface area (Å²) in [7, 11) is 0. The number of carbonyl (C=O) groups is 2. The van der Waals surface area contributed by atoms with Gasteiger partial charge in [0, 0.05) is 32.7 Å². The molecule has 9 heteroatoms. The quantitative estimate of drug-likeness (QED) is 0.359. The molecule has 3 aromatic carbocycles. The molecule has 2 aliphatic rings. The van der Waals surface area contributed by atoms with Gasteiger partial charge in [0.1, 0.15) is 0 Å².